The fourth-order valence-corrected chi connectivity index (χ4v) is 10.5. The van der Waals surface area contributed by atoms with E-state index in [1.807, 2.05) is 55.6 Å². The topological polar surface area (TPSA) is 77.3 Å². The molecule has 7 heteroatoms. The van der Waals surface area contributed by atoms with E-state index in [1.165, 1.54) is 0 Å². The van der Waals surface area contributed by atoms with Crippen molar-refractivity contribution in [3.05, 3.63) is 219 Å². The molecule has 0 aliphatic rings. The molecule has 0 saturated heterocycles. The Morgan fingerprint density at radius 3 is 1.01 bits per heavy atom. The van der Waals surface area contributed by atoms with E-state index in [0.717, 1.165) is 131 Å². The van der Waals surface area contributed by atoms with Crippen molar-refractivity contribution in [1.82, 2.24) is 29.9 Å². The smallest absolute Gasteiger partial charge is 0.124 e. The van der Waals surface area contributed by atoms with Crippen molar-refractivity contribution in [3.63, 3.8) is 0 Å². The molecule has 0 aliphatic heterocycles. The van der Waals surface area contributed by atoms with Gasteiger partial charge in [-0.1, -0.05) is 109 Å². The number of thiazole rings is 1. The first kappa shape index (κ1) is 38.7. The standard InChI is InChI=1S/C60H36N6S/c1-5-15-48-37(11-1)29-61-33-52(48)41-21-42(53-34-62-30-38-12-2-6-16-49(38)53)24-45(23-41)57-27-47(60-66-56-19-9-10-20-59(56)67-60)28-58(65-57)46-25-43(54-35-63-31-39-13-3-7-17-50(39)54)22-44(26-46)55-36-64-32-40-14-4-8-18-51(40)55/h1-36H. The van der Waals surface area contributed by atoms with Gasteiger partial charge in [-0.15, -0.1) is 11.3 Å². The first-order valence-electron chi connectivity index (χ1n) is 22.2. The third-order valence-electron chi connectivity index (χ3n) is 12.7. The zero-order valence-electron chi connectivity index (χ0n) is 35.9. The molecule has 0 N–H and O–H groups in total. The van der Waals surface area contributed by atoms with Crippen molar-refractivity contribution in [2.24, 2.45) is 0 Å². The van der Waals surface area contributed by atoms with E-state index in [-0.39, 0.29) is 0 Å². The van der Waals surface area contributed by atoms with Crippen LogP contribution in [0.3, 0.4) is 0 Å². The molecule has 0 radical (unpaired) electrons. The van der Waals surface area contributed by atoms with Crippen LogP contribution < -0.4 is 0 Å². The molecule has 67 heavy (non-hydrogen) atoms. The average molecular weight is 873 g/mol. The highest BCUT2D eigenvalue weighted by Gasteiger charge is 2.19. The van der Waals surface area contributed by atoms with Gasteiger partial charge in [0.15, 0.2) is 0 Å². The third-order valence-corrected chi connectivity index (χ3v) is 13.8. The molecule has 0 saturated carbocycles. The lowest BCUT2D eigenvalue weighted by Gasteiger charge is -2.16. The van der Waals surface area contributed by atoms with E-state index in [9.17, 15) is 0 Å². The summed E-state index contributed by atoms with van der Waals surface area (Å²) < 4.78 is 1.13. The van der Waals surface area contributed by atoms with Crippen LogP contribution in [0.1, 0.15) is 0 Å². The fraction of sp³-hybridized carbons (Fsp3) is 0. The van der Waals surface area contributed by atoms with Crippen LogP contribution in [0.5, 0.6) is 0 Å². The maximum Gasteiger partial charge on any atom is 0.124 e. The molecule has 0 aliphatic carbocycles. The Kier molecular flexibility index (Phi) is 9.25. The molecule has 13 aromatic rings. The molecule has 13 rings (SSSR count). The molecule has 7 aromatic carbocycles. The van der Waals surface area contributed by atoms with E-state index in [2.05, 4.69) is 164 Å². The number of benzene rings is 7. The first-order chi connectivity index (χ1) is 33.2. The maximum absolute atomic E-state index is 5.66. The molecule has 0 bridgehead atoms. The van der Waals surface area contributed by atoms with Crippen LogP contribution in [0.4, 0.5) is 0 Å². The Morgan fingerprint density at radius 2 is 0.627 bits per heavy atom. The predicted molar refractivity (Wildman–Crippen MR) is 277 cm³/mol. The summed E-state index contributed by atoms with van der Waals surface area (Å²) in [6, 6.07) is 60.0. The van der Waals surface area contributed by atoms with Gasteiger partial charge in [-0.2, -0.15) is 0 Å². The molecule has 0 amide bonds. The number of nitrogens with zero attached hydrogens (tertiary/aromatic N) is 6. The van der Waals surface area contributed by atoms with Crippen molar-refractivity contribution in [1.29, 1.82) is 0 Å². The van der Waals surface area contributed by atoms with E-state index in [4.69, 9.17) is 29.9 Å². The van der Waals surface area contributed by atoms with E-state index < -0.39 is 0 Å². The molecule has 0 spiro atoms. The van der Waals surface area contributed by atoms with Crippen LogP contribution in [-0.2, 0) is 0 Å². The second-order valence-electron chi connectivity index (χ2n) is 16.8. The lowest BCUT2D eigenvalue weighted by Crippen LogP contribution is -1.95. The number of hydrogen-bond acceptors (Lipinski definition) is 7. The van der Waals surface area contributed by atoms with Crippen LogP contribution in [0.2, 0.25) is 0 Å². The summed E-state index contributed by atoms with van der Waals surface area (Å²) in [5.74, 6) is 0. The lowest BCUT2D eigenvalue weighted by atomic mass is 9.91. The number of fused-ring (bicyclic) bond motifs is 5. The second-order valence-corrected chi connectivity index (χ2v) is 17.9. The van der Waals surface area contributed by atoms with Gasteiger partial charge in [0.25, 0.3) is 0 Å². The summed E-state index contributed by atoms with van der Waals surface area (Å²) in [6.07, 6.45) is 15.6. The van der Waals surface area contributed by atoms with Gasteiger partial charge < -0.3 is 0 Å². The Labute approximate surface area is 389 Å². The zero-order valence-corrected chi connectivity index (χ0v) is 36.7. The number of para-hydroxylation sites is 1. The number of aromatic nitrogens is 6. The minimum absolute atomic E-state index is 0.821. The molecule has 6 aromatic heterocycles. The molecule has 6 heterocycles. The lowest BCUT2D eigenvalue weighted by molar-refractivity contribution is 1.31. The minimum Gasteiger partial charge on any atom is -0.263 e. The highest BCUT2D eigenvalue weighted by atomic mass is 32.1. The van der Waals surface area contributed by atoms with E-state index in [1.54, 1.807) is 11.3 Å². The van der Waals surface area contributed by atoms with Crippen molar-refractivity contribution in [3.8, 4) is 77.6 Å². The largest absolute Gasteiger partial charge is 0.263 e. The van der Waals surface area contributed by atoms with Gasteiger partial charge in [0.1, 0.15) is 5.01 Å². The van der Waals surface area contributed by atoms with Gasteiger partial charge in [-0.25, -0.2) is 9.97 Å². The van der Waals surface area contributed by atoms with Crippen molar-refractivity contribution in [2.75, 3.05) is 0 Å². The second kappa shape index (κ2) is 16.0. The summed E-state index contributed by atoms with van der Waals surface area (Å²) in [7, 11) is 0. The van der Waals surface area contributed by atoms with Gasteiger partial charge in [-0.05, 0) is 104 Å². The van der Waals surface area contributed by atoms with Gasteiger partial charge in [-0.3, -0.25) is 19.9 Å². The van der Waals surface area contributed by atoms with Gasteiger partial charge in [0.05, 0.1) is 21.6 Å². The highest BCUT2D eigenvalue weighted by molar-refractivity contribution is 7.21. The van der Waals surface area contributed by atoms with Crippen molar-refractivity contribution in [2.45, 2.75) is 0 Å². The number of hydrogen-bond donors (Lipinski definition) is 0. The Balaban J connectivity index is 1.09. The maximum atomic E-state index is 5.66. The highest BCUT2D eigenvalue weighted by Crippen LogP contribution is 2.42. The molecule has 0 fully saturated rings. The third kappa shape index (κ3) is 6.97. The molecular formula is C60H36N6S. The average Bonchev–Trinajstić information content (AvgIpc) is 3.85. The quantitative estimate of drug-likeness (QED) is 0.159. The van der Waals surface area contributed by atoms with E-state index in [0.29, 0.717) is 0 Å². The monoisotopic (exact) mass is 872 g/mol. The number of pyridine rings is 5. The summed E-state index contributed by atoms with van der Waals surface area (Å²) >= 11 is 1.69. The zero-order chi connectivity index (χ0) is 44.3. The Hall–Kier alpha value is -8.78. The van der Waals surface area contributed by atoms with Crippen LogP contribution >= 0.6 is 11.3 Å². The normalized spacial score (nSPS) is 11.6. The predicted octanol–water partition coefficient (Wildman–Crippen LogP) is 15.6. The summed E-state index contributed by atoms with van der Waals surface area (Å²) in [5.41, 5.74) is 13.8. The minimum atomic E-state index is 0.821. The number of rotatable bonds is 7. The molecule has 6 nitrogen and oxygen atoms in total. The Morgan fingerprint density at radius 1 is 0.284 bits per heavy atom. The van der Waals surface area contributed by atoms with Crippen LogP contribution in [-0.4, -0.2) is 29.9 Å². The van der Waals surface area contributed by atoms with E-state index >= 15 is 0 Å². The molecular weight excluding hydrogens is 837 g/mol. The summed E-state index contributed by atoms with van der Waals surface area (Å²) in [4.78, 5) is 29.8. The molecule has 312 valence electrons. The molecule has 0 unspecified atom stereocenters. The van der Waals surface area contributed by atoms with Crippen LogP contribution in [0, 0.1) is 0 Å². The van der Waals surface area contributed by atoms with Gasteiger partial charge in [0, 0.05) is 110 Å². The van der Waals surface area contributed by atoms with Crippen LogP contribution in [0.15, 0.2) is 219 Å². The van der Waals surface area contributed by atoms with Gasteiger partial charge >= 0.3 is 0 Å². The SMILES string of the molecule is c1ccc2c(-c3cc(-c4cc(-c5nc6ccccc6s5)cc(-c5cc(-c6cncc7ccccc67)cc(-c6cncc7ccccc67)c5)n4)cc(-c4cncc5ccccc45)c3)cncc2c1. The summed E-state index contributed by atoms with van der Waals surface area (Å²) in [6.45, 7) is 0. The molecule has 0 atom stereocenters. The first-order valence-corrected chi connectivity index (χ1v) is 23.0. The van der Waals surface area contributed by atoms with Gasteiger partial charge in [0.2, 0.25) is 0 Å². The van der Waals surface area contributed by atoms with Crippen LogP contribution in [0.25, 0.3) is 131 Å². The van der Waals surface area contributed by atoms with Crippen molar-refractivity contribution < 1.29 is 0 Å². The summed E-state index contributed by atoms with van der Waals surface area (Å²) in [5, 5.41) is 9.75. The van der Waals surface area contributed by atoms with Crippen molar-refractivity contribution >= 4 is 64.6 Å². The fourth-order valence-electron chi connectivity index (χ4n) is 9.50. The Bertz CT molecular complexity index is 3610.